The molecule has 0 aliphatic carbocycles. The van der Waals surface area contributed by atoms with E-state index >= 15 is 0 Å². The van der Waals surface area contributed by atoms with Gasteiger partial charge in [-0.1, -0.05) is 0 Å². The average molecular weight is 263 g/mol. The Hall–Kier alpha value is -2.14. The van der Waals surface area contributed by atoms with Gasteiger partial charge >= 0.3 is 6.09 Å². The monoisotopic (exact) mass is 263 g/mol. The normalized spacial score (nSPS) is 14.9. The fraction of sp³-hybridized carbons (Fsp3) is 0.333. The van der Waals surface area contributed by atoms with Crippen LogP contribution in [0.1, 0.15) is 5.56 Å². The first-order chi connectivity index (χ1) is 9.20. The van der Waals surface area contributed by atoms with Crippen molar-refractivity contribution in [2.24, 2.45) is 5.84 Å². The van der Waals surface area contributed by atoms with Crippen LogP contribution >= 0.6 is 0 Å². The molecule has 1 aliphatic heterocycles. The first-order valence-corrected chi connectivity index (χ1v) is 5.65. The van der Waals surface area contributed by atoms with E-state index in [9.17, 15) is 4.79 Å². The third-order valence-corrected chi connectivity index (χ3v) is 2.50. The van der Waals surface area contributed by atoms with Gasteiger partial charge in [0.05, 0.1) is 30.5 Å². The van der Waals surface area contributed by atoms with Crippen LogP contribution in [0.15, 0.2) is 24.3 Å². The predicted octanol–water partition coefficient (Wildman–Crippen LogP) is 0.748. The minimum atomic E-state index is -0.719. The summed E-state index contributed by atoms with van der Waals surface area (Å²) in [5.74, 6) is 5.61. The van der Waals surface area contributed by atoms with E-state index in [1.54, 1.807) is 24.3 Å². The van der Waals surface area contributed by atoms with E-state index in [1.807, 2.05) is 6.07 Å². The lowest BCUT2D eigenvalue weighted by atomic mass is 10.2. The summed E-state index contributed by atoms with van der Waals surface area (Å²) in [6, 6.07) is 8.21. The van der Waals surface area contributed by atoms with Crippen molar-refractivity contribution >= 4 is 11.8 Å². The Morgan fingerprint density at radius 1 is 1.42 bits per heavy atom. The van der Waals surface area contributed by atoms with E-state index < -0.39 is 12.4 Å². The standard InChI is InChI=1S/C12H13N3O4/c13-7-9-1-3-10(4-2-9)15(14)12(16)19-8-11-17-5-6-18-11/h1-4,11H,5-6,8,14H2. The van der Waals surface area contributed by atoms with Gasteiger partial charge < -0.3 is 14.2 Å². The number of hydrazine groups is 1. The third-order valence-electron chi connectivity index (χ3n) is 2.50. The van der Waals surface area contributed by atoms with Crippen LogP contribution in [0, 0.1) is 11.3 Å². The summed E-state index contributed by atoms with van der Waals surface area (Å²) >= 11 is 0. The van der Waals surface area contributed by atoms with Crippen molar-refractivity contribution in [2.75, 3.05) is 24.8 Å². The molecular formula is C12H13N3O4. The lowest BCUT2D eigenvalue weighted by Gasteiger charge is -2.17. The van der Waals surface area contributed by atoms with Crippen molar-refractivity contribution < 1.29 is 19.0 Å². The smallest absolute Gasteiger partial charge is 0.429 e. The number of benzene rings is 1. The molecule has 0 bridgehead atoms. The van der Waals surface area contributed by atoms with Crippen LogP contribution in [0.5, 0.6) is 0 Å². The summed E-state index contributed by atoms with van der Waals surface area (Å²) < 4.78 is 15.2. The maximum atomic E-state index is 11.7. The van der Waals surface area contributed by atoms with Crippen LogP contribution in [0.25, 0.3) is 0 Å². The van der Waals surface area contributed by atoms with Crippen molar-refractivity contribution in [3.63, 3.8) is 0 Å². The van der Waals surface area contributed by atoms with Crippen molar-refractivity contribution in [2.45, 2.75) is 6.29 Å². The number of nitriles is 1. The highest BCUT2D eigenvalue weighted by molar-refractivity contribution is 5.86. The van der Waals surface area contributed by atoms with E-state index in [-0.39, 0.29) is 6.61 Å². The molecule has 0 unspecified atom stereocenters. The van der Waals surface area contributed by atoms with Gasteiger partial charge in [-0.2, -0.15) is 5.26 Å². The predicted molar refractivity (Wildman–Crippen MR) is 64.9 cm³/mol. The molecule has 1 aromatic carbocycles. The van der Waals surface area contributed by atoms with Gasteiger partial charge in [0.15, 0.2) is 6.29 Å². The molecule has 7 nitrogen and oxygen atoms in total. The molecule has 1 fully saturated rings. The molecule has 1 heterocycles. The fourth-order valence-corrected chi connectivity index (χ4v) is 1.51. The van der Waals surface area contributed by atoms with Gasteiger partial charge in [-0.25, -0.2) is 15.6 Å². The number of nitrogens with zero attached hydrogens (tertiary/aromatic N) is 2. The number of carbonyl (C=O) groups excluding carboxylic acids is 1. The summed E-state index contributed by atoms with van der Waals surface area (Å²) in [6.45, 7) is 0.969. The molecule has 0 spiro atoms. The van der Waals surface area contributed by atoms with Crippen molar-refractivity contribution in [1.82, 2.24) is 0 Å². The highest BCUT2D eigenvalue weighted by Gasteiger charge is 2.20. The number of hydrogen-bond donors (Lipinski definition) is 1. The lowest BCUT2D eigenvalue weighted by molar-refractivity contribution is -0.0767. The molecule has 19 heavy (non-hydrogen) atoms. The van der Waals surface area contributed by atoms with Crippen LogP contribution in [0.2, 0.25) is 0 Å². The van der Waals surface area contributed by atoms with Crippen LogP contribution in [0.4, 0.5) is 10.5 Å². The first-order valence-electron chi connectivity index (χ1n) is 5.65. The average Bonchev–Trinajstić information content (AvgIpc) is 2.97. The van der Waals surface area contributed by atoms with E-state index in [4.69, 9.17) is 25.3 Å². The van der Waals surface area contributed by atoms with Gasteiger partial charge in [0, 0.05) is 0 Å². The van der Waals surface area contributed by atoms with Crippen LogP contribution in [-0.2, 0) is 14.2 Å². The molecule has 7 heteroatoms. The Morgan fingerprint density at radius 2 is 2.05 bits per heavy atom. The molecule has 1 amide bonds. The van der Waals surface area contributed by atoms with Crippen molar-refractivity contribution in [3.05, 3.63) is 29.8 Å². The third kappa shape index (κ3) is 3.42. The number of amides is 1. The molecule has 100 valence electrons. The van der Waals surface area contributed by atoms with E-state index in [0.29, 0.717) is 24.5 Å². The molecular weight excluding hydrogens is 250 g/mol. The second kappa shape index (κ2) is 6.15. The Bertz CT molecular complexity index is 477. The van der Waals surface area contributed by atoms with Crippen LogP contribution < -0.4 is 10.9 Å². The molecule has 0 radical (unpaired) electrons. The summed E-state index contributed by atoms with van der Waals surface area (Å²) in [6.07, 6.45) is -1.25. The van der Waals surface area contributed by atoms with Gasteiger partial charge in [-0.05, 0) is 24.3 Å². The molecule has 1 aromatic rings. The van der Waals surface area contributed by atoms with Gasteiger partial charge in [-0.3, -0.25) is 0 Å². The Morgan fingerprint density at radius 3 is 2.63 bits per heavy atom. The van der Waals surface area contributed by atoms with E-state index in [0.717, 1.165) is 5.01 Å². The van der Waals surface area contributed by atoms with Gasteiger partial charge in [0.1, 0.15) is 6.61 Å². The van der Waals surface area contributed by atoms with Crippen LogP contribution in [-0.4, -0.2) is 32.2 Å². The maximum Gasteiger partial charge on any atom is 0.429 e. The molecule has 1 aliphatic rings. The highest BCUT2D eigenvalue weighted by Crippen LogP contribution is 2.13. The molecule has 0 saturated carbocycles. The zero-order valence-electron chi connectivity index (χ0n) is 10.1. The quantitative estimate of drug-likeness (QED) is 0.491. The second-order valence-electron chi connectivity index (χ2n) is 3.78. The topological polar surface area (TPSA) is 97.8 Å². The van der Waals surface area contributed by atoms with Crippen molar-refractivity contribution in [3.8, 4) is 6.07 Å². The fourth-order valence-electron chi connectivity index (χ4n) is 1.51. The lowest BCUT2D eigenvalue weighted by Crippen LogP contribution is -2.39. The van der Waals surface area contributed by atoms with Gasteiger partial charge in [-0.15, -0.1) is 0 Å². The molecule has 0 atom stereocenters. The Labute approximate surface area is 110 Å². The maximum absolute atomic E-state index is 11.7. The number of nitrogens with two attached hydrogens (primary N) is 1. The molecule has 2 N–H and O–H groups in total. The highest BCUT2D eigenvalue weighted by atomic mass is 16.7. The number of rotatable bonds is 3. The largest absolute Gasteiger partial charge is 0.443 e. The molecule has 2 rings (SSSR count). The Kier molecular flexibility index (Phi) is 4.30. The summed E-state index contributed by atoms with van der Waals surface area (Å²) in [4.78, 5) is 11.7. The summed E-state index contributed by atoms with van der Waals surface area (Å²) in [5, 5.41) is 9.52. The van der Waals surface area contributed by atoms with Crippen LogP contribution in [0.3, 0.4) is 0 Å². The van der Waals surface area contributed by atoms with Crippen molar-refractivity contribution in [1.29, 1.82) is 5.26 Å². The number of hydrogen-bond acceptors (Lipinski definition) is 6. The SMILES string of the molecule is N#Cc1ccc(N(N)C(=O)OCC2OCCO2)cc1. The molecule has 1 saturated heterocycles. The van der Waals surface area contributed by atoms with Gasteiger partial charge in [0.25, 0.3) is 0 Å². The zero-order chi connectivity index (χ0) is 13.7. The number of ether oxygens (including phenoxy) is 3. The minimum absolute atomic E-state index is 0.0111. The second-order valence-corrected chi connectivity index (χ2v) is 3.78. The number of carbonyl (C=O) groups is 1. The van der Waals surface area contributed by atoms with E-state index in [2.05, 4.69) is 0 Å². The van der Waals surface area contributed by atoms with Gasteiger partial charge in [0.2, 0.25) is 0 Å². The zero-order valence-corrected chi connectivity index (χ0v) is 10.1. The van der Waals surface area contributed by atoms with E-state index in [1.165, 1.54) is 0 Å². The summed E-state index contributed by atoms with van der Waals surface area (Å²) in [5.41, 5.74) is 0.913. The Balaban J connectivity index is 1.88. The molecule has 0 aromatic heterocycles. The number of anilines is 1. The summed E-state index contributed by atoms with van der Waals surface area (Å²) in [7, 11) is 0. The minimum Gasteiger partial charge on any atom is -0.443 e. The first kappa shape index (κ1) is 13.3.